The van der Waals surface area contributed by atoms with Gasteiger partial charge >= 0.3 is 0 Å². The topological polar surface area (TPSA) is 51.0 Å². The first-order valence-electron chi connectivity index (χ1n) is 6.53. The highest BCUT2D eigenvalue weighted by molar-refractivity contribution is 9.10. The summed E-state index contributed by atoms with van der Waals surface area (Å²) in [6, 6.07) is 9.85. The summed E-state index contributed by atoms with van der Waals surface area (Å²) < 4.78 is 6.64. The summed E-state index contributed by atoms with van der Waals surface area (Å²) in [5, 5.41) is 4.32. The van der Waals surface area contributed by atoms with E-state index in [1.54, 1.807) is 6.20 Å². The molecule has 0 aliphatic rings. The van der Waals surface area contributed by atoms with Gasteiger partial charge in [-0.15, -0.1) is 0 Å². The van der Waals surface area contributed by atoms with Crippen molar-refractivity contribution in [3.05, 3.63) is 41.0 Å². The van der Waals surface area contributed by atoms with Crippen molar-refractivity contribution >= 4 is 32.7 Å². The van der Waals surface area contributed by atoms with E-state index in [1.165, 1.54) is 0 Å². The Labute approximate surface area is 125 Å². The number of nitrogens with one attached hydrogen (secondary N) is 1. The molecule has 0 saturated heterocycles. The van der Waals surface area contributed by atoms with Crippen LogP contribution in [0.15, 0.2) is 45.4 Å². The van der Waals surface area contributed by atoms with Gasteiger partial charge in [0, 0.05) is 18.1 Å². The van der Waals surface area contributed by atoms with Crippen LogP contribution < -0.4 is 5.32 Å². The lowest BCUT2D eigenvalue weighted by Gasteiger charge is -2.06. The minimum atomic E-state index is 0.586. The highest BCUT2D eigenvalue weighted by atomic mass is 79.9. The summed E-state index contributed by atoms with van der Waals surface area (Å²) in [4.78, 5) is 8.83. The SMILES string of the molecule is CCCNc1nc(-c2cc3ccccc3o2)ncc1Br. The van der Waals surface area contributed by atoms with Gasteiger partial charge in [-0.05, 0) is 34.5 Å². The van der Waals surface area contributed by atoms with Gasteiger partial charge in [0.25, 0.3) is 0 Å². The van der Waals surface area contributed by atoms with Crippen molar-refractivity contribution < 1.29 is 4.42 Å². The molecule has 3 rings (SSSR count). The molecule has 0 radical (unpaired) electrons. The van der Waals surface area contributed by atoms with Gasteiger partial charge in [-0.2, -0.15) is 0 Å². The van der Waals surface area contributed by atoms with Crippen LogP contribution in [0.25, 0.3) is 22.6 Å². The molecule has 5 heteroatoms. The molecule has 102 valence electrons. The van der Waals surface area contributed by atoms with Crippen LogP contribution in [0, 0.1) is 0 Å². The van der Waals surface area contributed by atoms with Crippen molar-refractivity contribution in [3.63, 3.8) is 0 Å². The average molecular weight is 332 g/mol. The number of hydrogen-bond acceptors (Lipinski definition) is 4. The van der Waals surface area contributed by atoms with Gasteiger partial charge in [0.15, 0.2) is 11.6 Å². The monoisotopic (exact) mass is 331 g/mol. The second kappa shape index (κ2) is 5.63. The molecule has 1 N–H and O–H groups in total. The maximum Gasteiger partial charge on any atom is 0.197 e. The Morgan fingerprint density at radius 1 is 1.30 bits per heavy atom. The Bertz CT molecular complexity index is 706. The van der Waals surface area contributed by atoms with E-state index in [9.17, 15) is 0 Å². The fourth-order valence-corrected chi connectivity index (χ4v) is 2.28. The third-order valence-corrected chi connectivity index (χ3v) is 3.51. The van der Waals surface area contributed by atoms with Gasteiger partial charge < -0.3 is 9.73 Å². The zero-order valence-corrected chi connectivity index (χ0v) is 12.6. The van der Waals surface area contributed by atoms with Crippen LogP contribution in [0.3, 0.4) is 0 Å². The van der Waals surface area contributed by atoms with E-state index in [2.05, 4.69) is 38.1 Å². The van der Waals surface area contributed by atoms with Crippen molar-refractivity contribution in [3.8, 4) is 11.6 Å². The van der Waals surface area contributed by atoms with Crippen LogP contribution in [-0.4, -0.2) is 16.5 Å². The molecule has 0 unspecified atom stereocenters. The second-order valence-corrected chi connectivity index (χ2v) is 5.32. The van der Waals surface area contributed by atoms with Crippen LogP contribution in [0.1, 0.15) is 13.3 Å². The summed E-state index contributed by atoms with van der Waals surface area (Å²) in [5.74, 6) is 2.05. The van der Waals surface area contributed by atoms with Crippen molar-refractivity contribution in [2.24, 2.45) is 0 Å². The third kappa shape index (κ3) is 2.54. The Balaban J connectivity index is 2.00. The number of rotatable bonds is 4. The third-order valence-electron chi connectivity index (χ3n) is 2.93. The maximum atomic E-state index is 5.79. The molecule has 0 aliphatic heterocycles. The molecule has 4 nitrogen and oxygen atoms in total. The summed E-state index contributed by atoms with van der Waals surface area (Å²) in [6.07, 6.45) is 2.78. The molecular formula is C15H14BrN3O. The number of aromatic nitrogens is 2. The highest BCUT2D eigenvalue weighted by Crippen LogP contribution is 2.28. The predicted molar refractivity (Wildman–Crippen MR) is 83.7 cm³/mol. The van der Waals surface area contributed by atoms with Crippen LogP contribution in [-0.2, 0) is 0 Å². The van der Waals surface area contributed by atoms with Gasteiger partial charge in [-0.1, -0.05) is 25.1 Å². The minimum Gasteiger partial charge on any atom is -0.453 e. The highest BCUT2D eigenvalue weighted by Gasteiger charge is 2.11. The first-order chi connectivity index (χ1) is 9.78. The smallest absolute Gasteiger partial charge is 0.197 e. The predicted octanol–water partition coefficient (Wildman–Crippen LogP) is 4.47. The molecule has 1 aromatic carbocycles. The fourth-order valence-electron chi connectivity index (χ4n) is 1.95. The summed E-state index contributed by atoms with van der Waals surface area (Å²) in [6.45, 7) is 2.98. The van der Waals surface area contributed by atoms with E-state index < -0.39 is 0 Å². The Kier molecular flexibility index (Phi) is 3.69. The van der Waals surface area contributed by atoms with Gasteiger partial charge in [0.1, 0.15) is 11.4 Å². The molecule has 0 amide bonds. The van der Waals surface area contributed by atoms with Crippen LogP contribution in [0.4, 0.5) is 5.82 Å². The van der Waals surface area contributed by atoms with Crippen molar-refractivity contribution in [1.82, 2.24) is 9.97 Å². The van der Waals surface area contributed by atoms with E-state index in [-0.39, 0.29) is 0 Å². The lowest BCUT2D eigenvalue weighted by Crippen LogP contribution is -2.04. The van der Waals surface area contributed by atoms with Crippen molar-refractivity contribution in [1.29, 1.82) is 0 Å². The summed E-state index contributed by atoms with van der Waals surface area (Å²) in [5.41, 5.74) is 0.845. The Morgan fingerprint density at radius 2 is 2.15 bits per heavy atom. The lowest BCUT2D eigenvalue weighted by atomic mass is 10.2. The van der Waals surface area contributed by atoms with Crippen molar-refractivity contribution in [2.75, 3.05) is 11.9 Å². The number of hydrogen-bond donors (Lipinski definition) is 1. The van der Waals surface area contributed by atoms with Crippen LogP contribution in [0.2, 0.25) is 0 Å². The van der Waals surface area contributed by atoms with Crippen LogP contribution >= 0.6 is 15.9 Å². The molecular weight excluding hydrogens is 318 g/mol. The summed E-state index contributed by atoms with van der Waals surface area (Å²) >= 11 is 3.45. The quantitative estimate of drug-likeness (QED) is 0.766. The number of anilines is 1. The average Bonchev–Trinajstić information content (AvgIpc) is 2.90. The van der Waals surface area contributed by atoms with E-state index in [4.69, 9.17) is 4.42 Å². The molecule has 0 spiro atoms. The Hall–Kier alpha value is -1.88. The lowest BCUT2D eigenvalue weighted by molar-refractivity contribution is 0.625. The molecule has 0 bridgehead atoms. The zero-order chi connectivity index (χ0) is 13.9. The molecule has 0 saturated carbocycles. The van der Waals surface area contributed by atoms with E-state index in [0.29, 0.717) is 11.6 Å². The van der Waals surface area contributed by atoms with E-state index in [0.717, 1.165) is 34.2 Å². The molecule has 0 fully saturated rings. The standard InChI is InChI=1S/C15H14BrN3O/c1-2-7-17-14-11(16)9-18-15(19-14)13-8-10-5-3-4-6-12(10)20-13/h3-6,8-9H,2,7H2,1H3,(H,17,18,19). The van der Waals surface area contributed by atoms with Crippen molar-refractivity contribution in [2.45, 2.75) is 13.3 Å². The minimum absolute atomic E-state index is 0.586. The molecule has 20 heavy (non-hydrogen) atoms. The van der Waals surface area contributed by atoms with E-state index in [1.807, 2.05) is 30.3 Å². The van der Waals surface area contributed by atoms with Gasteiger partial charge in [0.05, 0.1) is 4.47 Å². The van der Waals surface area contributed by atoms with Gasteiger partial charge in [-0.3, -0.25) is 0 Å². The molecule has 0 aliphatic carbocycles. The largest absolute Gasteiger partial charge is 0.453 e. The molecule has 3 aromatic rings. The maximum absolute atomic E-state index is 5.79. The molecule has 2 heterocycles. The number of halogens is 1. The normalized spacial score (nSPS) is 10.9. The number of nitrogens with zero attached hydrogens (tertiary/aromatic N) is 2. The number of para-hydroxylation sites is 1. The van der Waals surface area contributed by atoms with Gasteiger partial charge in [-0.25, -0.2) is 9.97 Å². The fraction of sp³-hybridized carbons (Fsp3) is 0.200. The zero-order valence-electron chi connectivity index (χ0n) is 11.1. The first kappa shape index (κ1) is 13.1. The molecule has 2 aromatic heterocycles. The number of benzene rings is 1. The number of furan rings is 1. The number of fused-ring (bicyclic) bond motifs is 1. The van der Waals surface area contributed by atoms with Crippen LogP contribution in [0.5, 0.6) is 0 Å². The Morgan fingerprint density at radius 3 is 2.95 bits per heavy atom. The summed E-state index contributed by atoms with van der Waals surface area (Å²) in [7, 11) is 0. The van der Waals surface area contributed by atoms with E-state index >= 15 is 0 Å². The van der Waals surface area contributed by atoms with Gasteiger partial charge in [0.2, 0.25) is 0 Å². The first-order valence-corrected chi connectivity index (χ1v) is 7.32. The second-order valence-electron chi connectivity index (χ2n) is 4.47. The molecule has 0 atom stereocenters.